The van der Waals surface area contributed by atoms with Crippen molar-refractivity contribution in [1.82, 2.24) is 0 Å². The first kappa shape index (κ1) is 16.2. The Kier molecular flexibility index (Phi) is 5.27. The molecule has 0 aliphatic carbocycles. The van der Waals surface area contributed by atoms with Crippen LogP contribution in [0.25, 0.3) is 10.9 Å². The van der Waals surface area contributed by atoms with Crippen molar-refractivity contribution in [3.8, 4) is 0 Å². The molecule has 0 radical (unpaired) electrons. The van der Waals surface area contributed by atoms with Gasteiger partial charge in [0.2, 0.25) is 5.52 Å². The molecule has 1 heterocycles. The van der Waals surface area contributed by atoms with Gasteiger partial charge in [-0.3, -0.25) is 0 Å². The Labute approximate surface area is 129 Å². The summed E-state index contributed by atoms with van der Waals surface area (Å²) in [5.41, 5.74) is 1.75. The zero-order chi connectivity index (χ0) is 16.1. The van der Waals surface area contributed by atoms with Crippen LogP contribution in [0.2, 0.25) is 0 Å². The van der Waals surface area contributed by atoms with E-state index >= 15 is 0 Å². The lowest BCUT2D eigenvalue weighted by atomic mass is 10.1. The zero-order valence-electron chi connectivity index (χ0n) is 13.1. The van der Waals surface area contributed by atoms with Crippen molar-refractivity contribution < 1.29 is 23.8 Å². The molecule has 5 nitrogen and oxygen atoms in total. The molecule has 0 fully saturated rings. The summed E-state index contributed by atoms with van der Waals surface area (Å²) >= 11 is 0. The zero-order valence-corrected chi connectivity index (χ0v) is 13.1. The highest BCUT2D eigenvalue weighted by molar-refractivity contribution is 6.03. The van der Waals surface area contributed by atoms with Crippen LogP contribution in [0.3, 0.4) is 0 Å². The lowest BCUT2D eigenvalue weighted by molar-refractivity contribution is -0.856. The van der Waals surface area contributed by atoms with Crippen LogP contribution < -0.4 is 15.2 Å². The number of esters is 1. The van der Waals surface area contributed by atoms with E-state index in [-0.39, 0.29) is 5.82 Å². The maximum Gasteiger partial charge on any atom is 0.346 e. The monoisotopic (exact) mass is 307 g/mol. The molecule has 2 aromatic rings. The first-order chi connectivity index (χ1) is 10.5. The largest absolute Gasteiger partial charge is 0.462 e. The van der Waals surface area contributed by atoms with E-state index in [0.29, 0.717) is 29.8 Å². The Hall–Kier alpha value is -2.21. The quantitative estimate of drug-likeness (QED) is 0.765. The molecule has 0 aliphatic rings. The topological polar surface area (TPSA) is 56.9 Å². The van der Waals surface area contributed by atoms with E-state index in [1.165, 1.54) is 17.0 Å². The van der Waals surface area contributed by atoms with Crippen LogP contribution in [0.5, 0.6) is 0 Å². The number of anilines is 1. The molecule has 0 aliphatic heterocycles. The number of carbonyl (C=O) groups is 1. The Morgan fingerprint density at radius 1 is 1.41 bits per heavy atom. The highest BCUT2D eigenvalue weighted by atomic mass is 19.1. The average molecular weight is 307 g/mol. The first-order valence-electron chi connectivity index (χ1n) is 7.37. The molecule has 0 spiro atoms. The summed E-state index contributed by atoms with van der Waals surface area (Å²) in [4.78, 5) is 16.4. The molecule has 3 N–H and O–H groups in total. The Balaban J connectivity index is 2.46. The van der Waals surface area contributed by atoms with Gasteiger partial charge in [-0.25, -0.2) is 14.2 Å². The molecule has 2 rings (SSSR count). The van der Waals surface area contributed by atoms with E-state index in [1.54, 1.807) is 19.2 Å². The number of carbonyl (C=O) groups excluding carboxylic acids is 1. The number of halogens is 1. The smallest absolute Gasteiger partial charge is 0.346 e. The van der Waals surface area contributed by atoms with Crippen LogP contribution in [0.15, 0.2) is 24.4 Å². The van der Waals surface area contributed by atoms with Gasteiger partial charge in [-0.1, -0.05) is 0 Å². The van der Waals surface area contributed by atoms with Crippen LogP contribution in [0, 0.1) is 5.82 Å². The van der Waals surface area contributed by atoms with E-state index in [2.05, 4.69) is 10.3 Å². The number of rotatable bonds is 6. The molecule has 0 atom stereocenters. The predicted octanol–water partition coefficient (Wildman–Crippen LogP) is 0.526. The van der Waals surface area contributed by atoms with Gasteiger partial charge >= 0.3 is 5.97 Å². The van der Waals surface area contributed by atoms with Gasteiger partial charge in [0, 0.05) is 6.07 Å². The summed E-state index contributed by atoms with van der Waals surface area (Å²) in [6, 6.07) is 4.46. The summed E-state index contributed by atoms with van der Waals surface area (Å²) in [6.07, 6.45) is 1.60. The Bertz CT molecular complexity index is 674. The van der Waals surface area contributed by atoms with E-state index in [1.807, 2.05) is 14.1 Å². The van der Waals surface area contributed by atoms with E-state index in [0.717, 1.165) is 12.1 Å². The van der Waals surface area contributed by atoms with Crippen molar-refractivity contribution >= 4 is 22.6 Å². The number of benzene rings is 1. The third kappa shape index (κ3) is 3.71. The standard InChI is InChI=1S/C16H20FN3O2/c1-4-22-16(21)13-10-19-14-6-5-11(17)9-12(14)15(13)18-7-8-20(2)3/h5-6,9-10H,4,7-8H2,1-3H3,(H,18,19)/p+2. The van der Waals surface area contributed by atoms with Crippen molar-refractivity contribution in [2.45, 2.75) is 6.92 Å². The molecule has 0 bridgehead atoms. The molecule has 0 amide bonds. The number of pyridine rings is 1. The van der Waals surface area contributed by atoms with Crippen LogP contribution in [-0.4, -0.2) is 39.8 Å². The minimum Gasteiger partial charge on any atom is -0.462 e. The van der Waals surface area contributed by atoms with Gasteiger partial charge in [-0.15, -0.1) is 0 Å². The van der Waals surface area contributed by atoms with Crippen molar-refractivity contribution in [2.24, 2.45) is 0 Å². The Morgan fingerprint density at radius 2 is 2.18 bits per heavy atom. The van der Waals surface area contributed by atoms with Gasteiger partial charge in [0.1, 0.15) is 11.4 Å². The second-order valence-electron chi connectivity index (χ2n) is 5.37. The summed E-state index contributed by atoms with van der Waals surface area (Å²) < 4.78 is 18.7. The number of hydrogen-bond donors (Lipinski definition) is 2. The van der Waals surface area contributed by atoms with E-state index in [9.17, 15) is 9.18 Å². The maximum absolute atomic E-state index is 13.6. The molecule has 0 unspecified atom stereocenters. The van der Waals surface area contributed by atoms with Gasteiger partial charge in [-0.05, 0) is 19.1 Å². The number of ether oxygens (including phenoxy) is 1. The third-order valence-corrected chi connectivity index (χ3v) is 3.31. The lowest BCUT2D eigenvalue weighted by Gasteiger charge is -2.13. The minimum atomic E-state index is -0.426. The fourth-order valence-corrected chi connectivity index (χ4v) is 2.21. The number of quaternary nitrogens is 1. The molecule has 118 valence electrons. The SMILES string of the molecule is CCOC(=O)c1c[nH+]c2ccc(F)cc2c1NCC[NH+](C)C. The van der Waals surface area contributed by atoms with Crippen LogP contribution >= 0.6 is 0 Å². The predicted molar refractivity (Wildman–Crippen MR) is 82.6 cm³/mol. The van der Waals surface area contributed by atoms with Gasteiger partial charge in [-0.2, -0.15) is 0 Å². The van der Waals surface area contributed by atoms with Crippen LogP contribution in [-0.2, 0) is 4.74 Å². The minimum absolute atomic E-state index is 0.293. The fraction of sp³-hybridized carbons (Fsp3) is 0.375. The van der Waals surface area contributed by atoms with Gasteiger partial charge in [0.15, 0.2) is 6.20 Å². The molecular weight excluding hydrogens is 285 g/mol. The number of fused-ring (bicyclic) bond motifs is 1. The second-order valence-corrected chi connectivity index (χ2v) is 5.37. The molecule has 0 saturated heterocycles. The van der Waals surface area contributed by atoms with Crippen molar-refractivity contribution in [3.05, 3.63) is 35.8 Å². The molecule has 1 aromatic carbocycles. The van der Waals surface area contributed by atoms with Crippen molar-refractivity contribution in [1.29, 1.82) is 0 Å². The maximum atomic E-state index is 13.6. The highest BCUT2D eigenvalue weighted by Gasteiger charge is 2.20. The highest BCUT2D eigenvalue weighted by Crippen LogP contribution is 2.25. The number of aromatic amines is 1. The van der Waals surface area contributed by atoms with Gasteiger partial charge < -0.3 is 15.0 Å². The molecule has 6 heteroatoms. The van der Waals surface area contributed by atoms with Crippen LogP contribution in [0.1, 0.15) is 17.3 Å². The molecule has 0 saturated carbocycles. The second kappa shape index (κ2) is 7.17. The summed E-state index contributed by atoms with van der Waals surface area (Å²) in [6.45, 7) is 3.59. The van der Waals surface area contributed by atoms with Crippen LogP contribution in [0.4, 0.5) is 10.1 Å². The summed E-state index contributed by atoms with van der Waals surface area (Å²) in [7, 11) is 4.09. The third-order valence-electron chi connectivity index (χ3n) is 3.31. The number of hydrogen-bond acceptors (Lipinski definition) is 3. The van der Waals surface area contributed by atoms with E-state index in [4.69, 9.17) is 4.74 Å². The normalized spacial score (nSPS) is 11.0. The fourth-order valence-electron chi connectivity index (χ4n) is 2.21. The summed E-state index contributed by atoms with van der Waals surface area (Å²) in [5.74, 6) is -0.771. The van der Waals surface area contributed by atoms with Crippen molar-refractivity contribution in [3.63, 3.8) is 0 Å². The Morgan fingerprint density at radius 3 is 2.86 bits per heavy atom. The summed E-state index contributed by atoms with van der Waals surface area (Å²) in [5, 5.41) is 3.88. The van der Waals surface area contributed by atoms with Gasteiger partial charge in [0.25, 0.3) is 0 Å². The molecule has 22 heavy (non-hydrogen) atoms. The first-order valence-corrected chi connectivity index (χ1v) is 7.37. The molecule has 1 aromatic heterocycles. The average Bonchev–Trinajstić information content (AvgIpc) is 2.47. The molecular formula is C16H22FN3O2+2. The van der Waals surface area contributed by atoms with E-state index < -0.39 is 5.97 Å². The number of likely N-dealkylation sites (N-methyl/N-ethyl adjacent to an activating group) is 1. The lowest BCUT2D eigenvalue weighted by Crippen LogP contribution is -3.06. The number of aromatic nitrogens is 1. The van der Waals surface area contributed by atoms with Crippen molar-refractivity contribution in [2.75, 3.05) is 39.1 Å². The van der Waals surface area contributed by atoms with Gasteiger partial charge in [0.05, 0.1) is 44.9 Å². The number of nitrogens with one attached hydrogen (secondary N) is 3. The number of H-pyrrole nitrogens is 1.